The molecule has 3 aliphatic rings. The van der Waals surface area contributed by atoms with Gasteiger partial charge in [-0.15, -0.1) is 0 Å². The summed E-state index contributed by atoms with van der Waals surface area (Å²) in [5, 5.41) is 15.8. The first-order chi connectivity index (χ1) is 17.0. The molecule has 2 aliphatic carbocycles. The molecule has 1 saturated heterocycles. The maximum atomic E-state index is 13.8. The van der Waals surface area contributed by atoms with Crippen molar-refractivity contribution in [3.8, 4) is 0 Å². The Kier molecular flexibility index (Phi) is 7.33. The Hall–Kier alpha value is -3.04. The largest absolute Gasteiger partial charge is 0.480 e. The molecule has 0 unspecified atom stereocenters. The average molecular weight is 500 g/mol. The van der Waals surface area contributed by atoms with Crippen LogP contribution in [0.5, 0.6) is 0 Å². The van der Waals surface area contributed by atoms with E-state index in [1.165, 1.54) is 23.5 Å². The number of rotatable bonds is 6. The molecular formula is C26H37N5O5. The van der Waals surface area contributed by atoms with Gasteiger partial charge in [-0.25, -0.2) is 9.78 Å². The molecule has 1 aromatic heterocycles. The summed E-state index contributed by atoms with van der Waals surface area (Å²) >= 11 is 0. The Labute approximate surface area is 211 Å². The number of fused-ring (bicyclic) bond motifs is 1. The molecule has 2 heterocycles. The van der Waals surface area contributed by atoms with Crippen molar-refractivity contribution in [2.24, 2.45) is 17.3 Å². The van der Waals surface area contributed by atoms with Crippen LogP contribution in [0.2, 0.25) is 0 Å². The van der Waals surface area contributed by atoms with Gasteiger partial charge in [-0.05, 0) is 42.9 Å². The Bertz CT molecular complexity index is 1000. The maximum Gasteiger partial charge on any atom is 0.326 e. The Balaban J connectivity index is 1.57. The van der Waals surface area contributed by atoms with Crippen LogP contribution in [0.4, 0.5) is 0 Å². The van der Waals surface area contributed by atoms with E-state index in [0.717, 1.165) is 38.5 Å². The molecule has 0 spiro atoms. The third-order valence-corrected chi connectivity index (χ3v) is 8.11. The normalized spacial score (nSPS) is 26.1. The number of aromatic nitrogens is 2. The predicted molar refractivity (Wildman–Crippen MR) is 131 cm³/mol. The van der Waals surface area contributed by atoms with Crippen LogP contribution in [0.3, 0.4) is 0 Å². The topological polar surface area (TPSA) is 142 Å². The Morgan fingerprint density at radius 3 is 2.42 bits per heavy atom. The molecule has 196 valence electrons. The SMILES string of the molecule is CC(C)(C)[C@H](NC(=O)C1(NC(=O)c2cnccn2)CCCCC1)C(=O)N1C[C@@H]2CCC[C@@H]2[C@H]1C(=O)O. The van der Waals surface area contributed by atoms with Crippen molar-refractivity contribution in [3.05, 3.63) is 24.3 Å². The smallest absolute Gasteiger partial charge is 0.326 e. The third kappa shape index (κ3) is 5.08. The lowest BCUT2D eigenvalue weighted by atomic mass is 9.79. The van der Waals surface area contributed by atoms with E-state index < -0.39 is 40.8 Å². The molecule has 10 nitrogen and oxygen atoms in total. The monoisotopic (exact) mass is 499 g/mol. The molecule has 0 bridgehead atoms. The third-order valence-electron chi connectivity index (χ3n) is 8.11. The number of likely N-dealkylation sites (tertiary alicyclic amines) is 1. The summed E-state index contributed by atoms with van der Waals surface area (Å²) < 4.78 is 0. The molecule has 2 saturated carbocycles. The molecule has 1 aliphatic heterocycles. The molecule has 0 aromatic carbocycles. The number of carbonyl (C=O) groups excluding carboxylic acids is 3. The molecule has 3 amide bonds. The van der Waals surface area contributed by atoms with Crippen molar-refractivity contribution < 1.29 is 24.3 Å². The summed E-state index contributed by atoms with van der Waals surface area (Å²) in [7, 11) is 0. The first kappa shape index (κ1) is 26.0. The second-order valence-corrected chi connectivity index (χ2v) is 11.6. The quantitative estimate of drug-likeness (QED) is 0.544. The number of aliphatic carboxylic acids is 1. The number of nitrogens with one attached hydrogen (secondary N) is 2. The summed E-state index contributed by atoms with van der Waals surface area (Å²) in [6.45, 7) is 5.97. The van der Waals surface area contributed by atoms with Gasteiger partial charge in [0.05, 0.1) is 6.20 Å². The van der Waals surface area contributed by atoms with Gasteiger partial charge in [0, 0.05) is 18.9 Å². The van der Waals surface area contributed by atoms with Crippen molar-refractivity contribution >= 4 is 23.7 Å². The average Bonchev–Trinajstić information content (AvgIpc) is 3.43. The van der Waals surface area contributed by atoms with Crippen LogP contribution >= 0.6 is 0 Å². The molecule has 4 atom stereocenters. The lowest BCUT2D eigenvalue weighted by Crippen LogP contribution is -2.65. The second kappa shape index (κ2) is 10.1. The number of carbonyl (C=O) groups is 4. The standard InChI is InChI=1S/C26H37N5O5/c1-25(2,3)20(22(33)31-15-16-8-7-9-17(16)19(31)23(34)35)29-24(36)26(10-5-4-6-11-26)30-21(32)18-14-27-12-13-28-18/h12-14,16-17,19-20H,4-11,15H2,1-3H3,(H,29,36)(H,30,32)(H,34,35)/t16-,17-,19-,20+/m0/s1. The van der Waals surface area contributed by atoms with E-state index in [4.69, 9.17) is 0 Å². The number of carboxylic acid groups (broad SMARTS) is 1. The fraction of sp³-hybridized carbons (Fsp3) is 0.692. The van der Waals surface area contributed by atoms with Crippen LogP contribution in [-0.4, -0.2) is 67.8 Å². The molecule has 1 aromatic rings. The van der Waals surface area contributed by atoms with Gasteiger partial charge in [0.15, 0.2) is 0 Å². The molecule has 0 radical (unpaired) electrons. The molecule has 36 heavy (non-hydrogen) atoms. The fourth-order valence-electron chi connectivity index (χ4n) is 6.19. The lowest BCUT2D eigenvalue weighted by Gasteiger charge is -2.41. The summed E-state index contributed by atoms with van der Waals surface area (Å²) in [4.78, 5) is 62.2. The molecule has 10 heteroatoms. The van der Waals surface area contributed by atoms with Crippen LogP contribution in [0.1, 0.15) is 82.6 Å². The van der Waals surface area contributed by atoms with Gasteiger partial charge in [0.25, 0.3) is 5.91 Å². The Morgan fingerprint density at radius 1 is 1.08 bits per heavy atom. The zero-order valence-corrected chi connectivity index (χ0v) is 21.3. The fourth-order valence-corrected chi connectivity index (χ4v) is 6.19. The molecule has 3 fully saturated rings. The van der Waals surface area contributed by atoms with E-state index in [0.29, 0.717) is 19.4 Å². The van der Waals surface area contributed by atoms with Crippen molar-refractivity contribution in [1.82, 2.24) is 25.5 Å². The van der Waals surface area contributed by atoms with Crippen molar-refractivity contribution in [3.63, 3.8) is 0 Å². The van der Waals surface area contributed by atoms with E-state index in [1.54, 1.807) is 0 Å². The Morgan fingerprint density at radius 2 is 1.81 bits per heavy atom. The highest BCUT2D eigenvalue weighted by Gasteiger charge is 2.52. The predicted octanol–water partition coefficient (Wildman–Crippen LogP) is 2.15. The zero-order valence-electron chi connectivity index (χ0n) is 21.3. The molecule has 3 N–H and O–H groups in total. The van der Waals surface area contributed by atoms with Crippen molar-refractivity contribution in [2.75, 3.05) is 6.54 Å². The van der Waals surface area contributed by atoms with Gasteiger partial charge >= 0.3 is 5.97 Å². The summed E-state index contributed by atoms with van der Waals surface area (Å²) in [5.41, 5.74) is -1.73. The van der Waals surface area contributed by atoms with E-state index in [-0.39, 0.29) is 23.4 Å². The van der Waals surface area contributed by atoms with Gasteiger partial charge in [0.1, 0.15) is 23.3 Å². The molecule has 4 rings (SSSR count). The number of hydrogen-bond donors (Lipinski definition) is 3. The van der Waals surface area contributed by atoms with Crippen molar-refractivity contribution in [2.45, 2.75) is 89.8 Å². The van der Waals surface area contributed by atoms with Crippen molar-refractivity contribution in [1.29, 1.82) is 0 Å². The summed E-state index contributed by atoms with van der Waals surface area (Å²) in [6.07, 6.45) is 10.3. The van der Waals surface area contributed by atoms with E-state index in [9.17, 15) is 24.3 Å². The number of carboxylic acids is 1. The van der Waals surface area contributed by atoms with Gasteiger partial charge < -0.3 is 20.6 Å². The zero-order chi connectivity index (χ0) is 26.1. The van der Waals surface area contributed by atoms with E-state index in [2.05, 4.69) is 20.6 Å². The first-order valence-electron chi connectivity index (χ1n) is 13.0. The first-order valence-corrected chi connectivity index (χ1v) is 13.0. The van der Waals surface area contributed by atoms with E-state index >= 15 is 0 Å². The molecular weight excluding hydrogens is 462 g/mol. The highest BCUT2D eigenvalue weighted by molar-refractivity contribution is 5.99. The van der Waals surface area contributed by atoms with Crippen LogP contribution in [-0.2, 0) is 14.4 Å². The van der Waals surface area contributed by atoms with Gasteiger partial charge in [-0.2, -0.15) is 0 Å². The van der Waals surface area contributed by atoms with Gasteiger partial charge in [0.2, 0.25) is 11.8 Å². The number of hydrogen-bond acceptors (Lipinski definition) is 6. The van der Waals surface area contributed by atoms with Crippen LogP contribution in [0.25, 0.3) is 0 Å². The maximum absolute atomic E-state index is 13.8. The minimum atomic E-state index is -1.18. The minimum absolute atomic E-state index is 0.0428. The van der Waals surface area contributed by atoms with Gasteiger partial charge in [-0.1, -0.05) is 46.5 Å². The second-order valence-electron chi connectivity index (χ2n) is 11.6. The number of amides is 3. The van der Waals surface area contributed by atoms with Crippen LogP contribution in [0.15, 0.2) is 18.6 Å². The van der Waals surface area contributed by atoms with Crippen LogP contribution < -0.4 is 10.6 Å². The highest BCUT2D eigenvalue weighted by atomic mass is 16.4. The van der Waals surface area contributed by atoms with E-state index in [1.807, 2.05) is 20.8 Å². The van der Waals surface area contributed by atoms with Crippen LogP contribution in [0, 0.1) is 17.3 Å². The minimum Gasteiger partial charge on any atom is -0.480 e. The lowest BCUT2D eigenvalue weighted by molar-refractivity contribution is -0.152. The number of nitrogens with zero attached hydrogens (tertiary/aromatic N) is 3. The summed E-state index contributed by atoms with van der Waals surface area (Å²) in [5.74, 6) is -2.13. The highest BCUT2D eigenvalue weighted by Crippen LogP contribution is 2.43. The van der Waals surface area contributed by atoms with Gasteiger partial charge in [-0.3, -0.25) is 19.4 Å². The summed E-state index contributed by atoms with van der Waals surface area (Å²) in [6, 6.07) is -1.80.